The minimum Gasteiger partial charge on any atom is -0.486 e. The van der Waals surface area contributed by atoms with E-state index in [1.807, 2.05) is 19.9 Å². The number of hydrogen-bond acceptors (Lipinski definition) is 5. The largest absolute Gasteiger partial charge is 0.486 e. The number of anilines is 1. The van der Waals surface area contributed by atoms with Crippen LogP contribution in [-0.2, 0) is 0 Å². The van der Waals surface area contributed by atoms with Crippen molar-refractivity contribution >= 4 is 35.9 Å². The number of hydrogen-bond donors (Lipinski definition) is 1. The lowest BCUT2D eigenvalue weighted by molar-refractivity contribution is 0.219. The zero-order valence-corrected chi connectivity index (χ0v) is 19.1. The molecule has 9 heteroatoms. The van der Waals surface area contributed by atoms with E-state index in [1.165, 1.54) is 6.07 Å². The Hall–Kier alpha value is -2.17. The molecule has 7 nitrogen and oxygen atoms in total. The van der Waals surface area contributed by atoms with Crippen LogP contribution in [0.1, 0.15) is 13.8 Å². The monoisotopic (exact) mass is 514 g/mol. The van der Waals surface area contributed by atoms with E-state index in [9.17, 15) is 4.39 Å². The lowest BCUT2D eigenvalue weighted by Gasteiger charge is -2.36. The Balaban J connectivity index is 0.00000300. The van der Waals surface area contributed by atoms with E-state index in [2.05, 4.69) is 25.1 Å². The van der Waals surface area contributed by atoms with Gasteiger partial charge in [-0.2, -0.15) is 0 Å². The SMILES string of the molecule is CCNC(=NCC(C)Oc1ccccc1F)N1CCN(c2ncccn2)CC1.I. The van der Waals surface area contributed by atoms with Gasteiger partial charge in [-0.25, -0.2) is 19.4 Å². The van der Waals surface area contributed by atoms with Gasteiger partial charge in [0, 0.05) is 45.1 Å². The van der Waals surface area contributed by atoms with Crippen LogP contribution in [0.25, 0.3) is 0 Å². The molecule has 0 bridgehead atoms. The van der Waals surface area contributed by atoms with Gasteiger partial charge in [0.2, 0.25) is 5.95 Å². The quantitative estimate of drug-likeness (QED) is 0.364. The minimum atomic E-state index is -0.357. The fourth-order valence-electron chi connectivity index (χ4n) is 3.01. The van der Waals surface area contributed by atoms with Crippen molar-refractivity contribution in [1.82, 2.24) is 20.2 Å². The Labute approximate surface area is 188 Å². The average molecular weight is 514 g/mol. The zero-order chi connectivity index (χ0) is 19.8. The molecular formula is C20H28FIN6O. The van der Waals surface area contributed by atoms with Crippen molar-refractivity contribution in [3.63, 3.8) is 0 Å². The summed E-state index contributed by atoms with van der Waals surface area (Å²) in [5.41, 5.74) is 0. The second kappa shape index (κ2) is 11.7. The second-order valence-electron chi connectivity index (χ2n) is 6.58. The van der Waals surface area contributed by atoms with Crippen LogP contribution >= 0.6 is 24.0 Å². The maximum absolute atomic E-state index is 13.7. The molecule has 1 atom stereocenters. The zero-order valence-electron chi connectivity index (χ0n) is 16.8. The van der Waals surface area contributed by atoms with Gasteiger partial charge in [0.15, 0.2) is 17.5 Å². The molecule has 0 spiro atoms. The maximum Gasteiger partial charge on any atom is 0.225 e. The molecule has 1 saturated heterocycles. The summed E-state index contributed by atoms with van der Waals surface area (Å²) in [6.45, 7) is 8.47. The van der Waals surface area contributed by atoms with E-state index >= 15 is 0 Å². The molecule has 158 valence electrons. The van der Waals surface area contributed by atoms with E-state index in [1.54, 1.807) is 30.6 Å². The van der Waals surface area contributed by atoms with Crippen LogP contribution in [0.5, 0.6) is 5.75 Å². The minimum absolute atomic E-state index is 0. The third-order valence-corrected chi connectivity index (χ3v) is 4.41. The Kier molecular flexibility index (Phi) is 9.36. The molecule has 0 amide bonds. The predicted octanol–water partition coefficient (Wildman–Crippen LogP) is 2.79. The van der Waals surface area contributed by atoms with Crippen LogP contribution in [0.4, 0.5) is 10.3 Å². The van der Waals surface area contributed by atoms with Gasteiger partial charge in [-0.15, -0.1) is 24.0 Å². The molecule has 1 aromatic carbocycles. The summed E-state index contributed by atoms with van der Waals surface area (Å²) >= 11 is 0. The first-order valence-electron chi connectivity index (χ1n) is 9.63. The molecule has 1 aliphatic rings. The number of aromatic nitrogens is 2. The molecule has 0 aliphatic carbocycles. The van der Waals surface area contributed by atoms with Crippen LogP contribution < -0.4 is 15.0 Å². The molecule has 1 N–H and O–H groups in total. The van der Waals surface area contributed by atoms with Gasteiger partial charge < -0.3 is 19.9 Å². The first kappa shape index (κ1) is 23.1. The number of aliphatic imine (C=N–C) groups is 1. The molecule has 29 heavy (non-hydrogen) atoms. The molecule has 2 aromatic rings. The maximum atomic E-state index is 13.7. The van der Waals surface area contributed by atoms with E-state index in [-0.39, 0.29) is 41.6 Å². The van der Waals surface area contributed by atoms with Crippen molar-refractivity contribution in [3.05, 3.63) is 48.5 Å². The van der Waals surface area contributed by atoms with Gasteiger partial charge in [-0.05, 0) is 32.0 Å². The third kappa shape index (κ3) is 6.69. The summed E-state index contributed by atoms with van der Waals surface area (Å²) < 4.78 is 19.4. The van der Waals surface area contributed by atoms with E-state index < -0.39 is 0 Å². The lowest BCUT2D eigenvalue weighted by atomic mass is 10.3. The van der Waals surface area contributed by atoms with Crippen LogP contribution in [0.2, 0.25) is 0 Å². The average Bonchev–Trinajstić information content (AvgIpc) is 2.73. The third-order valence-electron chi connectivity index (χ3n) is 4.41. The van der Waals surface area contributed by atoms with Gasteiger partial charge in [-0.1, -0.05) is 12.1 Å². The molecular weight excluding hydrogens is 486 g/mol. The van der Waals surface area contributed by atoms with Crippen molar-refractivity contribution in [2.24, 2.45) is 4.99 Å². The summed E-state index contributed by atoms with van der Waals surface area (Å²) in [6, 6.07) is 8.25. The fourth-order valence-corrected chi connectivity index (χ4v) is 3.01. The van der Waals surface area contributed by atoms with Gasteiger partial charge in [0.05, 0.1) is 6.54 Å². The normalized spacial score (nSPS) is 15.5. The number of benzene rings is 1. The highest BCUT2D eigenvalue weighted by Gasteiger charge is 2.21. The van der Waals surface area contributed by atoms with Crippen molar-refractivity contribution in [2.75, 3.05) is 44.2 Å². The summed E-state index contributed by atoms with van der Waals surface area (Å²) in [6.07, 6.45) is 3.29. The molecule has 1 aromatic heterocycles. The Morgan fingerprint density at radius 3 is 2.52 bits per heavy atom. The number of para-hydroxylation sites is 1. The number of nitrogens with one attached hydrogen (secondary N) is 1. The van der Waals surface area contributed by atoms with Crippen molar-refractivity contribution < 1.29 is 9.13 Å². The first-order chi connectivity index (χ1) is 13.7. The van der Waals surface area contributed by atoms with Gasteiger partial charge in [0.1, 0.15) is 6.10 Å². The summed E-state index contributed by atoms with van der Waals surface area (Å²) in [5.74, 6) is 1.51. The number of halogens is 2. The number of rotatable bonds is 6. The van der Waals surface area contributed by atoms with Gasteiger partial charge in [-0.3, -0.25) is 0 Å². The molecule has 0 radical (unpaired) electrons. The first-order valence-corrected chi connectivity index (χ1v) is 9.63. The molecule has 1 fully saturated rings. The lowest BCUT2D eigenvalue weighted by Crippen LogP contribution is -2.53. The van der Waals surface area contributed by atoms with Crippen LogP contribution in [-0.4, -0.2) is 66.2 Å². The number of nitrogens with zero attached hydrogens (tertiary/aromatic N) is 5. The standard InChI is InChI=1S/C20H27FN6O.HI/c1-3-22-19(25-15-16(2)28-18-8-5-4-7-17(18)21)26-11-13-27(14-12-26)20-23-9-6-10-24-20;/h4-10,16H,3,11-15H2,1-2H3,(H,22,25);1H. The van der Waals surface area contributed by atoms with Crippen LogP contribution in [0.15, 0.2) is 47.7 Å². The summed E-state index contributed by atoms with van der Waals surface area (Å²) in [5, 5.41) is 3.33. The highest BCUT2D eigenvalue weighted by Crippen LogP contribution is 2.17. The Bertz CT molecular complexity index is 771. The smallest absolute Gasteiger partial charge is 0.225 e. The van der Waals surface area contributed by atoms with Gasteiger partial charge in [0.25, 0.3) is 0 Å². The van der Waals surface area contributed by atoms with Crippen molar-refractivity contribution in [2.45, 2.75) is 20.0 Å². The molecule has 0 saturated carbocycles. The van der Waals surface area contributed by atoms with Crippen LogP contribution in [0, 0.1) is 5.82 Å². The topological polar surface area (TPSA) is 65.9 Å². The Morgan fingerprint density at radius 2 is 1.86 bits per heavy atom. The summed E-state index contributed by atoms with van der Waals surface area (Å²) in [4.78, 5) is 17.7. The van der Waals surface area contributed by atoms with Crippen molar-refractivity contribution in [3.8, 4) is 5.75 Å². The fraction of sp³-hybridized carbons (Fsp3) is 0.450. The number of guanidine groups is 1. The molecule has 1 aliphatic heterocycles. The second-order valence-corrected chi connectivity index (χ2v) is 6.58. The molecule has 1 unspecified atom stereocenters. The van der Waals surface area contributed by atoms with Crippen molar-refractivity contribution in [1.29, 1.82) is 0 Å². The highest BCUT2D eigenvalue weighted by atomic mass is 127. The predicted molar refractivity (Wildman–Crippen MR) is 124 cm³/mol. The van der Waals surface area contributed by atoms with E-state index in [0.717, 1.165) is 44.6 Å². The van der Waals surface area contributed by atoms with Crippen LogP contribution in [0.3, 0.4) is 0 Å². The Morgan fingerprint density at radius 1 is 1.17 bits per heavy atom. The number of piperazine rings is 1. The van der Waals surface area contributed by atoms with E-state index in [4.69, 9.17) is 9.73 Å². The molecule has 2 heterocycles. The molecule has 3 rings (SSSR count). The van der Waals surface area contributed by atoms with E-state index in [0.29, 0.717) is 6.54 Å². The number of ether oxygens (including phenoxy) is 1. The summed E-state index contributed by atoms with van der Waals surface area (Å²) in [7, 11) is 0. The highest BCUT2D eigenvalue weighted by molar-refractivity contribution is 14.0. The van der Waals surface area contributed by atoms with Gasteiger partial charge >= 0.3 is 0 Å².